The lowest BCUT2D eigenvalue weighted by atomic mass is 9.99. The molecule has 1 atom stereocenters. The largest absolute Gasteiger partial charge is 0.394 e. The molecule has 0 bridgehead atoms. The molecule has 1 unspecified atom stereocenters. The van der Waals surface area contributed by atoms with Gasteiger partial charge in [0.25, 0.3) is 0 Å². The first-order chi connectivity index (χ1) is 12.8. The van der Waals surface area contributed by atoms with Crippen LogP contribution in [-0.4, -0.2) is 17.7 Å². The summed E-state index contributed by atoms with van der Waals surface area (Å²) in [7, 11) is 0. The van der Waals surface area contributed by atoms with Gasteiger partial charge in [-0.15, -0.1) is 0 Å². The van der Waals surface area contributed by atoms with Crippen molar-refractivity contribution in [2.75, 3.05) is 6.61 Å². The molecule has 0 aliphatic heterocycles. The highest BCUT2D eigenvalue weighted by Gasteiger charge is 2.19. The Labute approximate surface area is 153 Å². The molecule has 0 aliphatic rings. The predicted octanol–water partition coefficient (Wildman–Crippen LogP) is 3.81. The van der Waals surface area contributed by atoms with E-state index >= 15 is 0 Å². The van der Waals surface area contributed by atoms with Gasteiger partial charge in [-0.05, 0) is 16.7 Å². The number of nitrogens with one attached hydrogen (secondary N) is 2. The minimum atomic E-state index is -0.455. The maximum absolute atomic E-state index is 12.6. The molecule has 2 amide bonds. The zero-order chi connectivity index (χ0) is 18.2. The molecule has 26 heavy (non-hydrogen) atoms. The molecule has 0 saturated heterocycles. The highest BCUT2D eigenvalue weighted by molar-refractivity contribution is 5.75. The molecule has 0 aromatic heterocycles. The molecule has 0 radical (unpaired) electrons. The smallest absolute Gasteiger partial charge is 0.316 e. The standard InChI is InChI=1S/C22H22N2O2/c25-16-20(17-10-4-1-5-11-17)23-22(26)24-21(18-12-6-2-7-13-18)19-14-8-3-9-15-19/h1-15,20-21,25H,16H2,(H2,23,24,26). The van der Waals surface area contributed by atoms with Crippen LogP contribution in [0.15, 0.2) is 91.0 Å². The van der Waals surface area contributed by atoms with Crippen molar-refractivity contribution >= 4 is 6.03 Å². The number of hydrogen-bond donors (Lipinski definition) is 3. The Balaban J connectivity index is 1.77. The summed E-state index contributed by atoms with van der Waals surface area (Å²) < 4.78 is 0. The third-order valence-electron chi connectivity index (χ3n) is 4.23. The van der Waals surface area contributed by atoms with Gasteiger partial charge >= 0.3 is 6.03 Å². The molecule has 4 nitrogen and oxygen atoms in total. The summed E-state index contributed by atoms with van der Waals surface area (Å²) in [5, 5.41) is 15.5. The maximum atomic E-state index is 12.6. The number of amides is 2. The predicted molar refractivity (Wildman–Crippen MR) is 103 cm³/mol. The number of hydrogen-bond acceptors (Lipinski definition) is 2. The van der Waals surface area contributed by atoms with E-state index in [1.54, 1.807) is 0 Å². The van der Waals surface area contributed by atoms with E-state index in [-0.39, 0.29) is 18.7 Å². The first-order valence-electron chi connectivity index (χ1n) is 8.60. The fraction of sp³-hybridized carbons (Fsp3) is 0.136. The van der Waals surface area contributed by atoms with Crippen LogP contribution in [0.5, 0.6) is 0 Å². The van der Waals surface area contributed by atoms with Gasteiger partial charge in [-0.2, -0.15) is 0 Å². The molecule has 4 heteroatoms. The normalized spacial score (nSPS) is 11.8. The Morgan fingerprint density at radius 1 is 0.692 bits per heavy atom. The minimum absolute atomic E-state index is 0.168. The van der Waals surface area contributed by atoms with Crippen LogP contribution in [0.3, 0.4) is 0 Å². The van der Waals surface area contributed by atoms with Gasteiger partial charge in [0.15, 0.2) is 0 Å². The molecule has 0 spiro atoms. The second-order valence-corrected chi connectivity index (χ2v) is 6.02. The molecule has 3 rings (SSSR count). The molecular formula is C22H22N2O2. The van der Waals surface area contributed by atoms with Crippen LogP contribution in [0.1, 0.15) is 28.8 Å². The van der Waals surface area contributed by atoms with Gasteiger partial charge in [0.1, 0.15) is 0 Å². The Bertz CT molecular complexity index is 768. The molecule has 0 saturated carbocycles. The van der Waals surface area contributed by atoms with Crippen LogP contribution >= 0.6 is 0 Å². The summed E-state index contributed by atoms with van der Waals surface area (Å²) in [6.45, 7) is -0.168. The second-order valence-electron chi connectivity index (χ2n) is 6.02. The number of carbonyl (C=O) groups is 1. The van der Waals surface area contributed by atoms with Gasteiger partial charge in [-0.3, -0.25) is 0 Å². The Morgan fingerprint density at radius 3 is 1.54 bits per heavy atom. The lowest BCUT2D eigenvalue weighted by Crippen LogP contribution is -2.41. The molecule has 0 heterocycles. The molecule has 0 aliphatic carbocycles. The van der Waals surface area contributed by atoms with Crippen molar-refractivity contribution in [3.8, 4) is 0 Å². The monoisotopic (exact) mass is 346 g/mol. The van der Waals surface area contributed by atoms with Crippen LogP contribution < -0.4 is 10.6 Å². The van der Waals surface area contributed by atoms with Gasteiger partial charge in [-0.1, -0.05) is 91.0 Å². The summed E-state index contributed by atoms with van der Waals surface area (Å²) in [6, 6.07) is 28.0. The average Bonchev–Trinajstić information content (AvgIpc) is 2.72. The molecule has 132 valence electrons. The van der Waals surface area contributed by atoms with Crippen molar-refractivity contribution in [1.82, 2.24) is 10.6 Å². The number of urea groups is 1. The average molecular weight is 346 g/mol. The number of rotatable bonds is 6. The van der Waals surface area contributed by atoms with Crippen molar-refractivity contribution in [1.29, 1.82) is 0 Å². The van der Waals surface area contributed by atoms with Crippen molar-refractivity contribution < 1.29 is 9.90 Å². The third kappa shape index (κ3) is 4.49. The van der Waals surface area contributed by atoms with E-state index in [2.05, 4.69) is 10.6 Å². The number of aliphatic hydroxyl groups excluding tert-OH is 1. The quantitative estimate of drug-likeness (QED) is 0.636. The van der Waals surface area contributed by atoms with Crippen LogP contribution in [-0.2, 0) is 0 Å². The summed E-state index contributed by atoms with van der Waals surface area (Å²) in [5.74, 6) is 0. The molecule has 3 N–H and O–H groups in total. The Hall–Kier alpha value is -3.11. The SMILES string of the molecule is O=C(NC(CO)c1ccccc1)NC(c1ccccc1)c1ccccc1. The third-order valence-corrected chi connectivity index (χ3v) is 4.23. The van der Waals surface area contributed by atoms with Crippen LogP contribution in [0.2, 0.25) is 0 Å². The lowest BCUT2D eigenvalue weighted by Gasteiger charge is -2.23. The minimum Gasteiger partial charge on any atom is -0.394 e. The van der Waals surface area contributed by atoms with Gasteiger partial charge < -0.3 is 15.7 Å². The van der Waals surface area contributed by atoms with Crippen LogP contribution in [0, 0.1) is 0 Å². The Kier molecular flexibility index (Phi) is 6.01. The van der Waals surface area contributed by atoms with Crippen LogP contribution in [0.4, 0.5) is 4.79 Å². The van der Waals surface area contributed by atoms with E-state index in [0.29, 0.717) is 0 Å². The van der Waals surface area contributed by atoms with Gasteiger partial charge in [0.05, 0.1) is 18.7 Å². The summed E-state index contributed by atoms with van der Waals surface area (Å²) in [6.07, 6.45) is 0. The fourth-order valence-corrected chi connectivity index (χ4v) is 2.90. The maximum Gasteiger partial charge on any atom is 0.316 e. The van der Waals surface area contributed by atoms with Crippen LogP contribution in [0.25, 0.3) is 0 Å². The highest BCUT2D eigenvalue weighted by Crippen LogP contribution is 2.22. The number of carbonyl (C=O) groups excluding carboxylic acids is 1. The molecule has 0 fully saturated rings. The summed E-state index contributed by atoms with van der Waals surface area (Å²) >= 11 is 0. The highest BCUT2D eigenvalue weighted by atomic mass is 16.3. The molecular weight excluding hydrogens is 324 g/mol. The topological polar surface area (TPSA) is 61.4 Å². The van der Waals surface area contributed by atoms with Crippen molar-refractivity contribution in [3.63, 3.8) is 0 Å². The van der Waals surface area contributed by atoms with E-state index in [1.165, 1.54) is 0 Å². The van der Waals surface area contributed by atoms with E-state index in [1.807, 2.05) is 91.0 Å². The second kappa shape index (κ2) is 8.83. The Morgan fingerprint density at radius 2 is 1.12 bits per heavy atom. The first kappa shape index (κ1) is 17.7. The van der Waals surface area contributed by atoms with Crippen molar-refractivity contribution in [2.45, 2.75) is 12.1 Å². The van der Waals surface area contributed by atoms with E-state index in [9.17, 15) is 9.90 Å². The van der Waals surface area contributed by atoms with Gasteiger partial charge in [0.2, 0.25) is 0 Å². The van der Waals surface area contributed by atoms with E-state index in [4.69, 9.17) is 0 Å². The first-order valence-corrected chi connectivity index (χ1v) is 8.60. The lowest BCUT2D eigenvalue weighted by molar-refractivity contribution is 0.215. The summed E-state index contributed by atoms with van der Waals surface area (Å²) in [4.78, 5) is 12.6. The van der Waals surface area contributed by atoms with Gasteiger partial charge in [0, 0.05) is 0 Å². The van der Waals surface area contributed by atoms with Crippen molar-refractivity contribution in [2.24, 2.45) is 0 Å². The van der Waals surface area contributed by atoms with Crippen molar-refractivity contribution in [3.05, 3.63) is 108 Å². The molecule has 3 aromatic rings. The molecule has 3 aromatic carbocycles. The van der Waals surface area contributed by atoms with E-state index in [0.717, 1.165) is 16.7 Å². The summed E-state index contributed by atoms with van der Waals surface area (Å²) in [5.41, 5.74) is 2.85. The zero-order valence-corrected chi connectivity index (χ0v) is 14.4. The van der Waals surface area contributed by atoms with E-state index < -0.39 is 6.04 Å². The van der Waals surface area contributed by atoms with Gasteiger partial charge in [-0.25, -0.2) is 4.79 Å². The fourth-order valence-electron chi connectivity index (χ4n) is 2.90. The zero-order valence-electron chi connectivity index (χ0n) is 14.4. The number of aliphatic hydroxyl groups is 1. The number of benzene rings is 3.